The van der Waals surface area contributed by atoms with Crippen LogP contribution in [0.1, 0.15) is 30.0 Å². The maximum Gasteiger partial charge on any atom is 0.275 e. The van der Waals surface area contributed by atoms with Crippen molar-refractivity contribution in [2.24, 2.45) is 5.92 Å². The monoisotopic (exact) mass is 337 g/mol. The average Bonchev–Trinajstić information content (AvgIpc) is 2.75. The van der Waals surface area contributed by atoms with E-state index in [1.165, 1.54) is 18.9 Å². The van der Waals surface area contributed by atoms with Crippen molar-refractivity contribution in [1.29, 1.82) is 0 Å². The number of aromatic nitrogens is 2. The van der Waals surface area contributed by atoms with Gasteiger partial charge in [0.1, 0.15) is 4.90 Å². The largest absolute Gasteiger partial charge is 0.383 e. The fourth-order valence-electron chi connectivity index (χ4n) is 1.93. The summed E-state index contributed by atoms with van der Waals surface area (Å²) in [6, 6.07) is 0. The minimum atomic E-state index is -4.05. The summed E-state index contributed by atoms with van der Waals surface area (Å²) in [5.41, 5.74) is 0.0591. The van der Waals surface area contributed by atoms with Gasteiger partial charge in [0.05, 0.1) is 12.3 Å². The average molecular weight is 338 g/mol. The van der Waals surface area contributed by atoms with Crippen LogP contribution in [-0.2, 0) is 13.8 Å². The summed E-state index contributed by atoms with van der Waals surface area (Å²) in [7, 11) is 2.87. The van der Waals surface area contributed by atoms with Crippen molar-refractivity contribution < 1.29 is 17.9 Å². The first-order chi connectivity index (χ1) is 9.68. The molecule has 0 bridgehead atoms. The molecule has 0 radical (unpaired) electrons. The molecule has 0 aliphatic carbocycles. The number of halogens is 1. The number of aromatic amines is 1. The summed E-state index contributed by atoms with van der Waals surface area (Å²) in [5, 5.41) is 6.29. The van der Waals surface area contributed by atoms with Crippen LogP contribution in [0.3, 0.4) is 0 Å². The predicted octanol–water partition coefficient (Wildman–Crippen LogP) is 1.39. The lowest BCUT2D eigenvalue weighted by atomic mass is 10.2. The number of carbonyl (C=O) groups is 1. The Morgan fingerprint density at radius 3 is 2.57 bits per heavy atom. The zero-order chi connectivity index (χ0) is 16.2. The molecule has 0 aliphatic rings. The molecule has 0 saturated heterocycles. The maximum atomic E-state index is 12.5. The van der Waals surface area contributed by atoms with Crippen LogP contribution in [0.15, 0.2) is 4.90 Å². The standard InChI is InChI=1S/C12H20ClN3O4S/c1-8(2)7-16(5-6-20-4)12(17)10-11(21(13,18)19)9(3)14-15-10/h8H,5-7H2,1-4H3,(H,14,15). The third-order valence-corrected chi connectivity index (χ3v) is 4.23. The number of nitrogens with one attached hydrogen (secondary N) is 1. The highest BCUT2D eigenvalue weighted by Crippen LogP contribution is 2.23. The molecule has 0 atom stereocenters. The molecule has 120 valence electrons. The van der Waals surface area contributed by atoms with Crippen LogP contribution in [0, 0.1) is 12.8 Å². The summed E-state index contributed by atoms with van der Waals surface area (Å²) in [5.74, 6) is -0.258. The molecule has 0 saturated carbocycles. The van der Waals surface area contributed by atoms with E-state index in [2.05, 4.69) is 10.2 Å². The first kappa shape index (κ1) is 17.9. The molecule has 0 aliphatic heterocycles. The van der Waals surface area contributed by atoms with E-state index in [0.29, 0.717) is 19.7 Å². The number of aryl methyl sites for hydroxylation is 1. The maximum absolute atomic E-state index is 12.5. The highest BCUT2D eigenvalue weighted by atomic mass is 35.7. The van der Waals surface area contributed by atoms with E-state index in [1.807, 2.05) is 13.8 Å². The molecule has 7 nitrogen and oxygen atoms in total. The predicted molar refractivity (Wildman–Crippen MR) is 79.0 cm³/mol. The van der Waals surface area contributed by atoms with Crippen LogP contribution in [-0.4, -0.2) is 56.2 Å². The lowest BCUT2D eigenvalue weighted by molar-refractivity contribution is 0.0663. The van der Waals surface area contributed by atoms with Crippen molar-refractivity contribution in [3.05, 3.63) is 11.4 Å². The fourth-order valence-corrected chi connectivity index (χ4v) is 3.27. The molecule has 1 aromatic heterocycles. The Morgan fingerprint density at radius 1 is 1.48 bits per heavy atom. The molecule has 1 heterocycles. The summed E-state index contributed by atoms with van der Waals surface area (Å²) in [6.45, 7) is 6.59. The van der Waals surface area contributed by atoms with Gasteiger partial charge in [0.2, 0.25) is 0 Å². The second-order valence-electron chi connectivity index (χ2n) is 5.10. The molecule has 1 amide bonds. The molecule has 0 fully saturated rings. The van der Waals surface area contributed by atoms with Gasteiger partial charge in [-0.2, -0.15) is 5.10 Å². The molecule has 0 unspecified atom stereocenters. The first-order valence-corrected chi connectivity index (χ1v) is 8.77. The van der Waals surface area contributed by atoms with E-state index < -0.39 is 15.0 Å². The number of ether oxygens (including phenoxy) is 1. The minimum absolute atomic E-state index is 0.181. The minimum Gasteiger partial charge on any atom is -0.383 e. The van der Waals surface area contributed by atoms with E-state index in [9.17, 15) is 13.2 Å². The Bertz CT molecular complexity index is 598. The topological polar surface area (TPSA) is 92.4 Å². The number of rotatable bonds is 7. The Hall–Kier alpha value is -1.12. The zero-order valence-electron chi connectivity index (χ0n) is 12.5. The van der Waals surface area contributed by atoms with Gasteiger partial charge in [-0.25, -0.2) is 8.42 Å². The number of amides is 1. The number of carbonyl (C=O) groups excluding carboxylic acids is 1. The Kier molecular flexibility index (Phi) is 6.18. The van der Waals surface area contributed by atoms with Crippen molar-refractivity contribution in [2.45, 2.75) is 25.7 Å². The van der Waals surface area contributed by atoms with Gasteiger partial charge in [0.15, 0.2) is 5.69 Å². The molecule has 0 aromatic carbocycles. The smallest absolute Gasteiger partial charge is 0.275 e. The third kappa shape index (κ3) is 4.69. The van der Waals surface area contributed by atoms with Gasteiger partial charge in [0, 0.05) is 30.9 Å². The van der Waals surface area contributed by atoms with Crippen molar-refractivity contribution in [3.63, 3.8) is 0 Å². The molecule has 0 spiro atoms. The SMILES string of the molecule is COCCN(CC(C)C)C(=O)c1n[nH]c(C)c1S(=O)(=O)Cl. The fraction of sp³-hybridized carbons (Fsp3) is 0.667. The van der Waals surface area contributed by atoms with Gasteiger partial charge in [0.25, 0.3) is 15.0 Å². The molecule has 1 aromatic rings. The van der Waals surface area contributed by atoms with Crippen LogP contribution < -0.4 is 0 Å². The molecular weight excluding hydrogens is 318 g/mol. The molecule has 9 heteroatoms. The van der Waals surface area contributed by atoms with Crippen LogP contribution in [0.5, 0.6) is 0 Å². The van der Waals surface area contributed by atoms with Gasteiger partial charge >= 0.3 is 0 Å². The van der Waals surface area contributed by atoms with Crippen LogP contribution >= 0.6 is 10.7 Å². The zero-order valence-corrected chi connectivity index (χ0v) is 14.1. The van der Waals surface area contributed by atoms with Crippen molar-refractivity contribution >= 4 is 25.6 Å². The van der Waals surface area contributed by atoms with Crippen molar-refractivity contribution in [3.8, 4) is 0 Å². The Morgan fingerprint density at radius 2 is 2.10 bits per heavy atom. The number of nitrogens with zero attached hydrogens (tertiary/aromatic N) is 2. The first-order valence-electron chi connectivity index (χ1n) is 6.46. The Labute approximate surface area is 129 Å². The van der Waals surface area contributed by atoms with Gasteiger partial charge in [-0.15, -0.1) is 0 Å². The quantitative estimate of drug-likeness (QED) is 0.759. The van der Waals surface area contributed by atoms with Gasteiger partial charge in [-0.1, -0.05) is 13.8 Å². The van der Waals surface area contributed by atoms with Gasteiger partial charge in [-0.3, -0.25) is 9.89 Å². The molecule has 21 heavy (non-hydrogen) atoms. The molecular formula is C12H20ClN3O4S. The molecule has 1 rings (SSSR count). The summed E-state index contributed by atoms with van der Waals surface area (Å²) in [4.78, 5) is 13.8. The van der Waals surface area contributed by atoms with Gasteiger partial charge < -0.3 is 9.64 Å². The van der Waals surface area contributed by atoms with Gasteiger partial charge in [-0.05, 0) is 12.8 Å². The Balaban J connectivity index is 3.15. The number of methoxy groups -OCH3 is 1. The third-order valence-electron chi connectivity index (χ3n) is 2.78. The van der Waals surface area contributed by atoms with E-state index in [4.69, 9.17) is 15.4 Å². The van der Waals surface area contributed by atoms with E-state index in [-0.39, 0.29) is 22.2 Å². The highest BCUT2D eigenvalue weighted by molar-refractivity contribution is 8.13. The van der Waals surface area contributed by atoms with Crippen LogP contribution in [0.25, 0.3) is 0 Å². The van der Waals surface area contributed by atoms with E-state index >= 15 is 0 Å². The van der Waals surface area contributed by atoms with Crippen molar-refractivity contribution in [2.75, 3.05) is 26.8 Å². The lowest BCUT2D eigenvalue weighted by Crippen LogP contribution is -2.37. The van der Waals surface area contributed by atoms with E-state index in [1.54, 1.807) is 0 Å². The number of hydrogen-bond donors (Lipinski definition) is 1. The highest BCUT2D eigenvalue weighted by Gasteiger charge is 2.29. The summed E-state index contributed by atoms with van der Waals surface area (Å²) >= 11 is 0. The number of hydrogen-bond acceptors (Lipinski definition) is 5. The van der Waals surface area contributed by atoms with E-state index in [0.717, 1.165) is 0 Å². The number of H-pyrrole nitrogens is 1. The second-order valence-corrected chi connectivity index (χ2v) is 7.60. The summed E-state index contributed by atoms with van der Waals surface area (Å²) in [6.07, 6.45) is 0. The van der Waals surface area contributed by atoms with Crippen molar-refractivity contribution in [1.82, 2.24) is 15.1 Å². The molecule has 1 N–H and O–H groups in total. The normalized spacial score (nSPS) is 11.9. The van der Waals surface area contributed by atoms with Crippen LogP contribution in [0.2, 0.25) is 0 Å². The van der Waals surface area contributed by atoms with Crippen LogP contribution in [0.4, 0.5) is 0 Å². The second kappa shape index (κ2) is 7.24. The summed E-state index contributed by atoms with van der Waals surface area (Å²) < 4.78 is 28.2. The lowest BCUT2D eigenvalue weighted by Gasteiger charge is -2.23.